The monoisotopic (exact) mass is 342 g/mol. The van der Waals surface area contributed by atoms with Gasteiger partial charge in [-0.1, -0.05) is 0 Å². The number of aromatic nitrogens is 2. The lowest BCUT2D eigenvalue weighted by atomic mass is 9.99. The number of halogens is 1. The molecule has 0 aromatic carbocycles. The summed E-state index contributed by atoms with van der Waals surface area (Å²) in [4.78, 5) is 30.5. The van der Waals surface area contributed by atoms with Crippen LogP contribution >= 0.6 is 15.9 Å². The number of nitrogens with zero attached hydrogens (tertiary/aromatic N) is 4. The van der Waals surface area contributed by atoms with E-state index in [9.17, 15) is 9.59 Å². The van der Waals surface area contributed by atoms with Gasteiger partial charge in [-0.15, -0.1) is 0 Å². The Balaban J connectivity index is 1.94. The third-order valence-electron chi connectivity index (χ3n) is 4.01. The first-order valence-corrected chi connectivity index (χ1v) is 7.18. The zero-order chi connectivity index (χ0) is 14.6. The van der Waals surface area contributed by atoms with Crippen molar-refractivity contribution in [1.29, 1.82) is 0 Å². The van der Waals surface area contributed by atoms with Gasteiger partial charge in [0, 0.05) is 20.1 Å². The lowest BCUT2D eigenvalue weighted by Crippen LogP contribution is -2.49. The summed E-state index contributed by atoms with van der Waals surface area (Å²) >= 11 is 3.44. The van der Waals surface area contributed by atoms with Crippen molar-refractivity contribution in [2.24, 2.45) is 0 Å². The Morgan fingerprint density at radius 3 is 2.70 bits per heavy atom. The minimum absolute atomic E-state index is 0.0538. The molecule has 1 N–H and O–H groups in total. The topological polar surface area (TPSA) is 78.7 Å². The second kappa shape index (κ2) is 4.47. The Labute approximate surface area is 124 Å². The zero-order valence-electron chi connectivity index (χ0n) is 11.2. The molecule has 0 aliphatic carbocycles. The molecule has 1 aromatic rings. The maximum Gasteiger partial charge on any atom is 0.407 e. The van der Waals surface area contributed by atoms with Gasteiger partial charge in [-0.3, -0.25) is 4.79 Å². The molecule has 1 atom stereocenters. The largest absolute Gasteiger partial charge is 0.465 e. The van der Waals surface area contributed by atoms with E-state index in [-0.39, 0.29) is 17.9 Å². The fraction of sp³-hybridized carbons (Fsp3) is 0.583. The molecule has 1 unspecified atom stereocenters. The quantitative estimate of drug-likeness (QED) is 0.833. The SMILES string of the molecule is CC1C(=O)N(C)Cc2c(Br)nc(C3CN(C(=O)O)C3)n21. The highest BCUT2D eigenvalue weighted by Gasteiger charge is 2.39. The van der Waals surface area contributed by atoms with Crippen LogP contribution in [-0.4, -0.2) is 56.6 Å². The lowest BCUT2D eigenvalue weighted by molar-refractivity contribution is -0.135. The molecule has 3 heterocycles. The summed E-state index contributed by atoms with van der Waals surface area (Å²) in [7, 11) is 1.77. The van der Waals surface area contributed by atoms with Crippen LogP contribution in [0.1, 0.15) is 30.4 Å². The van der Waals surface area contributed by atoms with Crippen LogP contribution in [0.4, 0.5) is 4.79 Å². The summed E-state index contributed by atoms with van der Waals surface area (Å²) in [5.74, 6) is 0.922. The molecule has 2 aliphatic rings. The Kier molecular flexibility index (Phi) is 3.00. The highest BCUT2D eigenvalue weighted by Crippen LogP contribution is 2.35. The molecule has 3 rings (SSSR count). The first-order chi connectivity index (χ1) is 9.40. The van der Waals surface area contributed by atoms with Gasteiger partial charge in [-0.25, -0.2) is 9.78 Å². The number of likely N-dealkylation sites (tertiary alicyclic amines) is 1. The highest BCUT2D eigenvalue weighted by molar-refractivity contribution is 9.10. The van der Waals surface area contributed by atoms with Crippen LogP contribution in [0.25, 0.3) is 0 Å². The van der Waals surface area contributed by atoms with E-state index in [1.54, 1.807) is 11.9 Å². The first-order valence-electron chi connectivity index (χ1n) is 6.39. The van der Waals surface area contributed by atoms with Gasteiger partial charge in [0.05, 0.1) is 18.2 Å². The van der Waals surface area contributed by atoms with Crippen LogP contribution < -0.4 is 0 Å². The van der Waals surface area contributed by atoms with Crippen molar-refractivity contribution < 1.29 is 14.7 Å². The van der Waals surface area contributed by atoms with Crippen molar-refractivity contribution >= 4 is 27.9 Å². The second-order valence-corrected chi connectivity index (χ2v) is 6.08. The van der Waals surface area contributed by atoms with Crippen LogP contribution in [0.5, 0.6) is 0 Å². The van der Waals surface area contributed by atoms with Crippen LogP contribution in [-0.2, 0) is 11.3 Å². The molecular weight excluding hydrogens is 328 g/mol. The van der Waals surface area contributed by atoms with Gasteiger partial charge < -0.3 is 19.5 Å². The normalized spacial score (nSPS) is 22.8. The molecule has 8 heteroatoms. The number of imidazole rings is 1. The van der Waals surface area contributed by atoms with Gasteiger partial charge in [0.1, 0.15) is 16.5 Å². The maximum absolute atomic E-state index is 12.1. The number of carbonyl (C=O) groups excluding carboxylic acids is 1. The van der Waals surface area contributed by atoms with E-state index in [4.69, 9.17) is 5.11 Å². The van der Waals surface area contributed by atoms with E-state index in [2.05, 4.69) is 20.9 Å². The highest BCUT2D eigenvalue weighted by atomic mass is 79.9. The number of amides is 2. The molecule has 0 saturated carbocycles. The van der Waals surface area contributed by atoms with E-state index in [1.165, 1.54) is 4.90 Å². The van der Waals surface area contributed by atoms with Crippen molar-refractivity contribution in [3.63, 3.8) is 0 Å². The van der Waals surface area contributed by atoms with E-state index in [1.807, 2.05) is 11.5 Å². The Morgan fingerprint density at radius 2 is 2.10 bits per heavy atom. The van der Waals surface area contributed by atoms with Gasteiger partial charge in [0.2, 0.25) is 5.91 Å². The molecule has 2 aliphatic heterocycles. The zero-order valence-corrected chi connectivity index (χ0v) is 12.8. The van der Waals surface area contributed by atoms with Crippen molar-refractivity contribution in [3.05, 3.63) is 16.1 Å². The summed E-state index contributed by atoms with van der Waals surface area (Å²) in [5, 5.41) is 8.90. The Bertz CT molecular complexity index is 594. The molecule has 1 fully saturated rings. The van der Waals surface area contributed by atoms with Gasteiger partial charge in [0.15, 0.2) is 0 Å². The summed E-state index contributed by atoms with van der Waals surface area (Å²) in [6.45, 7) is 3.25. The number of hydrogen-bond acceptors (Lipinski definition) is 3. The number of fused-ring (bicyclic) bond motifs is 1. The van der Waals surface area contributed by atoms with Crippen LogP contribution in [0.3, 0.4) is 0 Å². The molecule has 0 radical (unpaired) electrons. The van der Waals surface area contributed by atoms with E-state index >= 15 is 0 Å². The van der Waals surface area contributed by atoms with Gasteiger partial charge >= 0.3 is 6.09 Å². The minimum Gasteiger partial charge on any atom is -0.465 e. The van der Waals surface area contributed by atoms with Gasteiger partial charge in [-0.2, -0.15) is 0 Å². The number of rotatable bonds is 1. The third kappa shape index (κ3) is 1.81. The van der Waals surface area contributed by atoms with Crippen LogP contribution in [0.2, 0.25) is 0 Å². The fourth-order valence-electron chi connectivity index (χ4n) is 2.85. The van der Waals surface area contributed by atoms with Crippen molar-refractivity contribution in [2.45, 2.75) is 25.4 Å². The van der Waals surface area contributed by atoms with Crippen LogP contribution in [0, 0.1) is 0 Å². The molecule has 7 nitrogen and oxygen atoms in total. The molecular formula is C12H15BrN4O3. The van der Waals surface area contributed by atoms with Crippen molar-refractivity contribution in [2.75, 3.05) is 20.1 Å². The Hall–Kier alpha value is -1.57. The molecule has 2 amide bonds. The van der Waals surface area contributed by atoms with E-state index < -0.39 is 6.09 Å². The molecule has 1 aromatic heterocycles. The fourth-order valence-corrected chi connectivity index (χ4v) is 3.35. The molecule has 108 valence electrons. The first kappa shape index (κ1) is 13.4. The minimum atomic E-state index is -0.908. The molecule has 0 bridgehead atoms. The van der Waals surface area contributed by atoms with Crippen molar-refractivity contribution in [3.8, 4) is 0 Å². The molecule has 20 heavy (non-hydrogen) atoms. The number of carboxylic acid groups (broad SMARTS) is 1. The molecule has 0 spiro atoms. The lowest BCUT2D eigenvalue weighted by Gasteiger charge is -2.38. The predicted molar refractivity (Wildman–Crippen MR) is 73.5 cm³/mol. The average Bonchev–Trinajstić information content (AvgIpc) is 2.61. The number of hydrogen-bond donors (Lipinski definition) is 1. The molecule has 1 saturated heterocycles. The van der Waals surface area contributed by atoms with Gasteiger partial charge in [-0.05, 0) is 22.9 Å². The predicted octanol–water partition coefficient (Wildman–Crippen LogP) is 1.26. The van der Waals surface area contributed by atoms with Gasteiger partial charge in [0.25, 0.3) is 0 Å². The van der Waals surface area contributed by atoms with E-state index in [0.29, 0.717) is 19.6 Å². The van der Waals surface area contributed by atoms with E-state index in [0.717, 1.165) is 16.1 Å². The number of carbonyl (C=O) groups is 2. The summed E-state index contributed by atoms with van der Waals surface area (Å²) in [6.07, 6.45) is -0.908. The van der Waals surface area contributed by atoms with Crippen LogP contribution in [0.15, 0.2) is 4.60 Å². The average molecular weight is 343 g/mol. The summed E-state index contributed by atoms with van der Waals surface area (Å²) in [5.41, 5.74) is 0.975. The Morgan fingerprint density at radius 1 is 1.45 bits per heavy atom. The summed E-state index contributed by atoms with van der Waals surface area (Å²) in [6, 6.07) is -0.295. The smallest absolute Gasteiger partial charge is 0.407 e. The third-order valence-corrected chi connectivity index (χ3v) is 4.65. The maximum atomic E-state index is 12.1. The number of likely N-dealkylation sites (N-methyl/N-ethyl adjacent to an activating group) is 1. The summed E-state index contributed by atoms with van der Waals surface area (Å²) < 4.78 is 2.70. The second-order valence-electron chi connectivity index (χ2n) is 5.33. The standard InChI is InChI=1S/C12H15BrN4O3/c1-6-11(18)15(2)5-8-9(13)14-10(17(6)8)7-3-16(4-7)12(19)20/h6-7H,3-5H2,1-2H3,(H,19,20). The van der Waals surface area contributed by atoms with Crippen molar-refractivity contribution in [1.82, 2.24) is 19.4 Å².